The minimum Gasteiger partial charge on any atom is -0.494 e. The van der Waals surface area contributed by atoms with E-state index in [9.17, 15) is 111 Å². The topological polar surface area (TPSA) is 514 Å². The van der Waals surface area contributed by atoms with E-state index in [1.807, 2.05) is 0 Å². The number of nitrogens with zero attached hydrogens (tertiary/aromatic N) is 10. The minimum atomic E-state index is -3.25. The van der Waals surface area contributed by atoms with Gasteiger partial charge < -0.3 is 81.3 Å². The third kappa shape index (κ3) is 29.8. The molecule has 3 aliphatic heterocycles. The predicted octanol–water partition coefficient (Wildman–Crippen LogP) is -0.456. The van der Waals surface area contributed by atoms with Crippen LogP contribution in [0.2, 0.25) is 0 Å². The highest BCUT2D eigenvalue weighted by atomic mass is 19.3. The van der Waals surface area contributed by atoms with Crippen LogP contribution in [-0.4, -0.2) is 312 Å². The van der Waals surface area contributed by atoms with Gasteiger partial charge in [0.15, 0.2) is 0 Å². The molecule has 4 aromatic rings. The molecule has 0 spiro atoms. The van der Waals surface area contributed by atoms with Crippen LogP contribution in [-0.2, 0) is 67.0 Å². The maximum atomic E-state index is 14.2. The Morgan fingerprint density at radius 2 is 0.913 bits per heavy atom. The lowest BCUT2D eigenvalue weighted by Gasteiger charge is -2.33. The number of benzene rings is 2. The number of carboxylic acid groups (broad SMARTS) is 3. The summed E-state index contributed by atoms with van der Waals surface area (Å²) in [5, 5.41) is 66.7. The molecule has 2 aromatic heterocycles. The molecular weight excluding hydrogens is 1530 g/mol. The number of pyridine rings is 2. The van der Waals surface area contributed by atoms with E-state index < -0.39 is 197 Å². The van der Waals surface area contributed by atoms with Crippen LogP contribution < -0.4 is 46.7 Å². The highest BCUT2D eigenvalue weighted by Crippen LogP contribution is 2.33. The molecule has 3 fully saturated rings. The van der Waals surface area contributed by atoms with Gasteiger partial charge in [-0.15, -0.1) is 0 Å². The number of amides is 9. The summed E-state index contributed by atoms with van der Waals surface area (Å²) in [7, 11) is 0. The van der Waals surface area contributed by atoms with Crippen molar-refractivity contribution in [1.82, 2.24) is 76.6 Å². The number of halogens is 4. The standard InChI is InChI=1S/C73H91F4N17O21/c74-72(75)33-47(35-78)93(41-72)64(101)37-84-67(105)51-15-19-80-55-7-5-49(31-53(51)55)114-29-3-1-17-82-60(97)12-10-58(70(108)109)87-62(99)14-9-57(86-63(100)39-89-21-22-90(40-66(103)104)24-26-92(44-113-46-96)28-27-91(25-23-89)43-112-45-95)69(107)88-59(71(110)111)11-13-61(98)83-18-2-4-30-115-50-6-8-56-54(32-50)52(16-20-81-56)68(106)85-38-65(102)94-42-73(76,77)34-48(94)36-79/h5-8,15-16,19-20,31-32,45-48,57-59H,1-4,9-14,17-18,21-30,33-34,37-44H2,(H,82,97)(H,83,98)(H,84,105)(H,85,106)(H,86,100)(H,87,99)(H,88,107)(H,103,104)(H,108,109)(H,110,111)/t47-,48-,57-,58+,59+/m0/s1. The Bertz CT molecular complexity index is 4210. The molecule has 0 aliphatic carbocycles. The lowest BCUT2D eigenvalue weighted by molar-refractivity contribution is -0.143. The number of hydrogen-bond acceptors (Lipinski definition) is 26. The Balaban J connectivity index is 0.906. The monoisotopic (exact) mass is 1620 g/mol. The molecule has 5 atom stereocenters. The van der Waals surface area contributed by atoms with Crippen LogP contribution in [0.25, 0.3) is 21.8 Å². The SMILES string of the molecule is N#C[C@@H]1CC(F)(F)CN1C(=O)CNC(=O)c1ccnc2ccc(OCCCCNC(=O)CC[C@@H](NC(=O)CC[C@H](NC(=O)CN3CCN(COC=O)CCN(COC=O)CCN(CC(=O)O)CC3)C(=O)N[C@H](CCC(=O)NCCCCOc3ccc4nccc(C(=O)NCC(=O)N5CC(F)(F)C[C@H]5C#N)c4c3)C(=O)O)C(=O)O)cc12. The van der Waals surface area contributed by atoms with Gasteiger partial charge in [-0.25, -0.2) is 27.2 Å². The third-order valence-electron chi connectivity index (χ3n) is 18.7. The number of unbranched alkanes of at least 4 members (excludes halogenated alkanes) is 2. The molecule has 5 heterocycles. The molecule has 3 aliphatic rings. The molecule has 38 nitrogen and oxygen atoms in total. The highest BCUT2D eigenvalue weighted by molar-refractivity contribution is 6.08. The Morgan fingerprint density at radius 3 is 1.33 bits per heavy atom. The van der Waals surface area contributed by atoms with E-state index in [-0.39, 0.29) is 123 Å². The molecular formula is C73H91F4N17O21. The Hall–Kier alpha value is -12.0. The summed E-state index contributed by atoms with van der Waals surface area (Å²) >= 11 is 0. The molecule has 10 N–H and O–H groups in total. The second-order valence-electron chi connectivity index (χ2n) is 27.3. The van der Waals surface area contributed by atoms with E-state index >= 15 is 0 Å². The average molecular weight is 1620 g/mol. The van der Waals surface area contributed by atoms with Crippen LogP contribution in [0.3, 0.4) is 0 Å². The fourth-order valence-electron chi connectivity index (χ4n) is 12.6. The van der Waals surface area contributed by atoms with Gasteiger partial charge in [-0.05, 0) is 93.5 Å². The summed E-state index contributed by atoms with van der Waals surface area (Å²) < 4.78 is 77.6. The predicted molar refractivity (Wildman–Crippen MR) is 391 cm³/mol. The first-order valence-electron chi connectivity index (χ1n) is 36.8. The number of aromatic nitrogens is 2. The first kappa shape index (κ1) is 90.2. The van der Waals surface area contributed by atoms with Gasteiger partial charge >= 0.3 is 17.9 Å². The van der Waals surface area contributed by atoms with Crippen molar-refractivity contribution < 1.29 is 119 Å². The Labute approximate surface area is 655 Å². The molecule has 2 aromatic carbocycles. The molecule has 0 radical (unpaired) electrons. The fraction of sp³-hybridized carbons (Fsp3) is 0.534. The van der Waals surface area contributed by atoms with E-state index in [0.717, 1.165) is 9.80 Å². The number of carboxylic acids is 3. The zero-order chi connectivity index (χ0) is 83.6. The maximum absolute atomic E-state index is 14.2. The number of nitrogens with one attached hydrogen (secondary N) is 7. The summed E-state index contributed by atoms with van der Waals surface area (Å²) in [6.07, 6.45) is -0.370. The molecule has 622 valence electrons. The lowest BCUT2D eigenvalue weighted by atomic mass is 10.1. The largest absolute Gasteiger partial charge is 0.494 e. The van der Waals surface area contributed by atoms with E-state index in [1.165, 1.54) is 36.7 Å². The van der Waals surface area contributed by atoms with Gasteiger partial charge in [0, 0.05) is 121 Å². The number of aliphatic carboxylic acids is 3. The lowest BCUT2D eigenvalue weighted by Crippen LogP contribution is -2.54. The smallest absolute Gasteiger partial charge is 0.326 e. The van der Waals surface area contributed by atoms with Crippen LogP contribution in [0.4, 0.5) is 17.6 Å². The van der Waals surface area contributed by atoms with Crippen molar-refractivity contribution >= 4 is 106 Å². The summed E-state index contributed by atoms with van der Waals surface area (Å²) in [5.74, 6) is -17.4. The van der Waals surface area contributed by atoms with Gasteiger partial charge in [-0.2, -0.15) is 10.5 Å². The number of fused-ring (bicyclic) bond motifs is 2. The van der Waals surface area contributed by atoms with E-state index in [2.05, 4.69) is 47.2 Å². The van der Waals surface area contributed by atoms with Crippen molar-refractivity contribution in [2.75, 3.05) is 131 Å². The molecule has 0 bridgehead atoms. The van der Waals surface area contributed by atoms with E-state index in [1.54, 1.807) is 56.0 Å². The first-order valence-corrected chi connectivity index (χ1v) is 36.8. The summed E-state index contributed by atoms with van der Waals surface area (Å²) in [5.41, 5.74) is 0.966. The summed E-state index contributed by atoms with van der Waals surface area (Å²) in [4.78, 5) is 196. The quantitative estimate of drug-likeness (QED) is 0.0152. The van der Waals surface area contributed by atoms with Gasteiger partial charge in [0.1, 0.15) is 55.2 Å². The Morgan fingerprint density at radius 1 is 0.513 bits per heavy atom. The van der Waals surface area contributed by atoms with E-state index in [0.29, 0.717) is 59.0 Å². The molecule has 7 rings (SSSR count). The number of nitriles is 2. The molecule has 3 saturated heterocycles. The third-order valence-corrected chi connectivity index (χ3v) is 18.7. The molecule has 9 amide bonds. The van der Waals surface area contributed by atoms with Crippen molar-refractivity contribution in [1.29, 1.82) is 10.5 Å². The van der Waals surface area contributed by atoms with Gasteiger partial charge in [-0.1, -0.05) is 0 Å². The molecule has 0 unspecified atom stereocenters. The van der Waals surface area contributed by atoms with Crippen LogP contribution in [0.1, 0.15) is 97.8 Å². The van der Waals surface area contributed by atoms with Crippen molar-refractivity contribution in [3.63, 3.8) is 0 Å². The summed E-state index contributed by atoms with van der Waals surface area (Å²) in [6, 6.07) is 7.76. The number of ether oxygens (including phenoxy) is 4. The van der Waals surface area contributed by atoms with Crippen molar-refractivity contribution in [2.45, 2.75) is 119 Å². The number of likely N-dealkylation sites (tertiary alicyclic amines) is 2. The second kappa shape index (κ2) is 45.0. The first-order chi connectivity index (χ1) is 55.0. The van der Waals surface area contributed by atoms with Crippen LogP contribution in [0.15, 0.2) is 60.9 Å². The fourth-order valence-corrected chi connectivity index (χ4v) is 12.6. The van der Waals surface area contributed by atoms with Crippen LogP contribution in [0, 0.1) is 22.7 Å². The number of alkyl halides is 4. The zero-order valence-electron chi connectivity index (χ0n) is 62.6. The van der Waals surface area contributed by atoms with Crippen LogP contribution >= 0.6 is 0 Å². The van der Waals surface area contributed by atoms with Crippen LogP contribution in [0.5, 0.6) is 11.5 Å². The normalized spacial score (nSPS) is 17.4. The molecule has 42 heteroatoms. The van der Waals surface area contributed by atoms with E-state index in [4.69, 9.17) is 18.9 Å². The van der Waals surface area contributed by atoms with Gasteiger partial charge in [0.05, 0.1) is 86.8 Å². The number of rotatable bonds is 43. The average Bonchev–Trinajstić information content (AvgIpc) is 1.79. The zero-order valence-corrected chi connectivity index (χ0v) is 62.6. The molecule has 115 heavy (non-hydrogen) atoms. The van der Waals surface area contributed by atoms with Gasteiger partial charge in [-0.3, -0.25) is 87.1 Å². The van der Waals surface area contributed by atoms with Crippen molar-refractivity contribution in [3.05, 3.63) is 72.1 Å². The number of carbonyl (C=O) groups excluding carboxylic acids is 11. The summed E-state index contributed by atoms with van der Waals surface area (Å²) in [6.45, 7) is -2.29. The minimum absolute atomic E-state index is 0.0395. The van der Waals surface area contributed by atoms with Gasteiger partial charge in [0.25, 0.3) is 36.6 Å². The second-order valence-corrected chi connectivity index (χ2v) is 27.3. The Kier molecular flexibility index (Phi) is 35.3. The van der Waals surface area contributed by atoms with Gasteiger partial charge in [0.2, 0.25) is 41.4 Å². The van der Waals surface area contributed by atoms with Crippen molar-refractivity contribution in [2.24, 2.45) is 0 Å². The number of carbonyl (C=O) groups is 14. The molecule has 0 saturated carbocycles. The van der Waals surface area contributed by atoms with Crippen molar-refractivity contribution in [3.8, 4) is 23.6 Å². The maximum Gasteiger partial charge on any atom is 0.326 e. The number of hydrogen-bond donors (Lipinski definition) is 10. The highest BCUT2D eigenvalue weighted by Gasteiger charge is 2.48.